The van der Waals surface area contributed by atoms with Crippen LogP contribution in [0.25, 0.3) is 121 Å². The van der Waals surface area contributed by atoms with E-state index in [4.69, 9.17) is 14.4 Å². The van der Waals surface area contributed by atoms with Crippen molar-refractivity contribution in [3.05, 3.63) is 206 Å². The number of benzene rings is 10. The minimum absolute atomic E-state index is 0.687. The first-order valence-electron chi connectivity index (χ1n) is 20.1. The smallest absolute Gasteiger partial charge is 0.160 e. The number of para-hydroxylation sites is 1. The maximum absolute atomic E-state index is 6.26. The molecule has 12 aromatic rings. The van der Waals surface area contributed by atoms with Crippen LogP contribution >= 0.6 is 0 Å². The van der Waals surface area contributed by atoms with E-state index in [1.165, 1.54) is 60.0 Å². The highest BCUT2D eigenvalue weighted by molar-refractivity contribution is 6.20. The zero-order valence-corrected chi connectivity index (χ0v) is 31.9. The number of rotatable bonds is 5. The van der Waals surface area contributed by atoms with Crippen molar-refractivity contribution in [2.45, 2.75) is 0 Å². The Kier molecular flexibility index (Phi) is 7.54. The molecule has 0 unspecified atom stereocenters. The van der Waals surface area contributed by atoms with Gasteiger partial charge in [-0.25, -0.2) is 9.97 Å². The molecule has 10 aromatic carbocycles. The molecule has 0 aliphatic carbocycles. The molecule has 0 amide bonds. The van der Waals surface area contributed by atoms with Gasteiger partial charge in [-0.15, -0.1) is 0 Å². The third kappa shape index (κ3) is 5.59. The Balaban J connectivity index is 0.931. The van der Waals surface area contributed by atoms with Crippen LogP contribution in [0.2, 0.25) is 0 Å². The van der Waals surface area contributed by atoms with Crippen LogP contribution in [-0.4, -0.2) is 9.97 Å². The zero-order chi connectivity index (χ0) is 38.9. The summed E-state index contributed by atoms with van der Waals surface area (Å²) in [6, 6.07) is 73.5. The molecule has 0 N–H and O–H groups in total. The van der Waals surface area contributed by atoms with Crippen molar-refractivity contribution in [3.8, 4) is 56.2 Å². The maximum atomic E-state index is 6.26. The molecule has 2 heterocycles. The first-order chi connectivity index (χ1) is 29.2. The lowest BCUT2D eigenvalue weighted by Gasteiger charge is -2.14. The molecule has 0 fully saturated rings. The van der Waals surface area contributed by atoms with E-state index >= 15 is 0 Å². The summed E-state index contributed by atoms with van der Waals surface area (Å²) in [5.74, 6) is 0.687. The predicted molar refractivity (Wildman–Crippen MR) is 247 cm³/mol. The van der Waals surface area contributed by atoms with Gasteiger partial charge in [-0.1, -0.05) is 170 Å². The minimum Gasteiger partial charge on any atom is -0.456 e. The Morgan fingerprint density at radius 3 is 1.78 bits per heavy atom. The molecule has 2 aromatic heterocycles. The van der Waals surface area contributed by atoms with E-state index in [0.717, 1.165) is 55.4 Å². The lowest BCUT2D eigenvalue weighted by Crippen LogP contribution is -1.96. The summed E-state index contributed by atoms with van der Waals surface area (Å²) < 4.78 is 6.26. The SMILES string of the molecule is c1ccc(-c2nc(-c3ccc4cc(-c5ccc(-c6c7ccccc7cc7c6ccc6ccccc67)cc5)ccc4c3)cc(-c3cccc4oc5ccccc5c34)n2)cc1. The maximum Gasteiger partial charge on any atom is 0.160 e. The van der Waals surface area contributed by atoms with Crippen LogP contribution in [0.3, 0.4) is 0 Å². The summed E-state index contributed by atoms with van der Waals surface area (Å²) in [7, 11) is 0. The Hall–Kier alpha value is -7.88. The van der Waals surface area contributed by atoms with E-state index in [1.807, 2.05) is 42.5 Å². The van der Waals surface area contributed by atoms with Gasteiger partial charge in [0.1, 0.15) is 11.2 Å². The van der Waals surface area contributed by atoms with Crippen molar-refractivity contribution >= 4 is 65.0 Å². The van der Waals surface area contributed by atoms with E-state index in [1.54, 1.807) is 0 Å². The molecule has 0 saturated carbocycles. The highest BCUT2D eigenvalue weighted by atomic mass is 16.3. The van der Waals surface area contributed by atoms with Crippen LogP contribution in [0.4, 0.5) is 0 Å². The summed E-state index contributed by atoms with van der Waals surface area (Å²) >= 11 is 0. The van der Waals surface area contributed by atoms with Gasteiger partial charge in [-0.05, 0) is 102 Å². The third-order valence-electron chi connectivity index (χ3n) is 11.8. The van der Waals surface area contributed by atoms with Crippen molar-refractivity contribution in [1.29, 1.82) is 0 Å². The lowest BCUT2D eigenvalue weighted by atomic mass is 9.89. The fourth-order valence-electron chi connectivity index (χ4n) is 8.98. The number of hydrogen-bond acceptors (Lipinski definition) is 3. The Bertz CT molecular complexity index is 3600. The molecule has 3 nitrogen and oxygen atoms in total. The molecule has 0 aliphatic heterocycles. The van der Waals surface area contributed by atoms with E-state index < -0.39 is 0 Å². The molecule has 0 aliphatic rings. The van der Waals surface area contributed by atoms with Crippen LogP contribution in [0, 0.1) is 0 Å². The van der Waals surface area contributed by atoms with Crippen molar-refractivity contribution in [3.63, 3.8) is 0 Å². The van der Waals surface area contributed by atoms with Crippen molar-refractivity contribution in [2.24, 2.45) is 0 Å². The molecule has 0 spiro atoms. The van der Waals surface area contributed by atoms with Gasteiger partial charge in [0.2, 0.25) is 0 Å². The van der Waals surface area contributed by atoms with Crippen LogP contribution in [0.1, 0.15) is 0 Å². The first kappa shape index (κ1) is 33.3. The van der Waals surface area contributed by atoms with Gasteiger partial charge < -0.3 is 4.42 Å². The zero-order valence-electron chi connectivity index (χ0n) is 31.9. The number of furan rings is 1. The Labute approximate surface area is 340 Å². The third-order valence-corrected chi connectivity index (χ3v) is 11.8. The second-order valence-corrected chi connectivity index (χ2v) is 15.3. The summed E-state index contributed by atoms with van der Waals surface area (Å²) in [4.78, 5) is 10.3. The lowest BCUT2D eigenvalue weighted by molar-refractivity contribution is 0.669. The van der Waals surface area contributed by atoms with E-state index in [-0.39, 0.29) is 0 Å². The van der Waals surface area contributed by atoms with Crippen molar-refractivity contribution in [1.82, 2.24) is 9.97 Å². The van der Waals surface area contributed by atoms with E-state index in [0.29, 0.717) is 5.82 Å². The predicted octanol–water partition coefficient (Wildman–Crippen LogP) is 15.3. The van der Waals surface area contributed by atoms with Crippen LogP contribution in [0.5, 0.6) is 0 Å². The highest BCUT2D eigenvalue weighted by Gasteiger charge is 2.17. The summed E-state index contributed by atoms with van der Waals surface area (Å²) in [6.07, 6.45) is 0. The first-order valence-corrected chi connectivity index (χ1v) is 20.1. The van der Waals surface area contributed by atoms with Crippen LogP contribution in [0.15, 0.2) is 211 Å². The molecule has 0 saturated heterocycles. The van der Waals surface area contributed by atoms with Gasteiger partial charge in [0.05, 0.1) is 11.4 Å². The van der Waals surface area contributed by atoms with Gasteiger partial charge in [-0.2, -0.15) is 0 Å². The molecule has 274 valence electrons. The number of fused-ring (bicyclic) bond motifs is 8. The van der Waals surface area contributed by atoms with Gasteiger partial charge in [0.15, 0.2) is 5.82 Å². The summed E-state index contributed by atoms with van der Waals surface area (Å²) in [5, 5.41) is 12.1. The Morgan fingerprint density at radius 1 is 0.305 bits per heavy atom. The molecule has 0 bridgehead atoms. The second kappa shape index (κ2) is 13.4. The van der Waals surface area contributed by atoms with E-state index in [2.05, 4.69) is 164 Å². The average Bonchev–Trinajstić information content (AvgIpc) is 3.70. The summed E-state index contributed by atoms with van der Waals surface area (Å²) in [6.45, 7) is 0. The molecule has 0 atom stereocenters. The largest absolute Gasteiger partial charge is 0.456 e. The van der Waals surface area contributed by atoms with Crippen LogP contribution in [-0.2, 0) is 0 Å². The molecule has 59 heavy (non-hydrogen) atoms. The molecule has 0 radical (unpaired) electrons. The van der Waals surface area contributed by atoms with Gasteiger partial charge >= 0.3 is 0 Å². The topological polar surface area (TPSA) is 38.9 Å². The number of hydrogen-bond donors (Lipinski definition) is 0. The number of aromatic nitrogens is 2. The molecular formula is C56H34N2O. The van der Waals surface area contributed by atoms with Crippen molar-refractivity contribution < 1.29 is 4.42 Å². The quantitative estimate of drug-likeness (QED) is 0.130. The second-order valence-electron chi connectivity index (χ2n) is 15.3. The van der Waals surface area contributed by atoms with Crippen molar-refractivity contribution in [2.75, 3.05) is 0 Å². The fraction of sp³-hybridized carbons (Fsp3) is 0. The highest BCUT2D eigenvalue weighted by Crippen LogP contribution is 2.41. The standard InChI is InChI=1S/C56H34N2O/c1-2-12-38(13-3-1)56-57-50(34-51(58-56)47-18-10-20-53-55(47)48-17-8-9-19-52(48)59-53)43-28-27-40-31-39(25-26-41(40)32-43)35-21-23-37(24-22-35)54-45-16-7-5-14-42(45)33-49-44-15-6-4-11-36(44)29-30-46(49)54/h1-34H. The average molecular weight is 751 g/mol. The Morgan fingerprint density at radius 2 is 0.932 bits per heavy atom. The fourth-order valence-corrected chi connectivity index (χ4v) is 8.98. The summed E-state index contributed by atoms with van der Waals surface area (Å²) in [5.41, 5.74) is 11.3. The van der Waals surface area contributed by atoms with Gasteiger partial charge in [0, 0.05) is 27.5 Å². The monoisotopic (exact) mass is 750 g/mol. The normalized spacial score (nSPS) is 11.7. The van der Waals surface area contributed by atoms with Gasteiger partial charge in [-0.3, -0.25) is 0 Å². The molecule has 3 heteroatoms. The number of nitrogens with zero attached hydrogens (tertiary/aromatic N) is 2. The molecule has 12 rings (SSSR count). The molecular weight excluding hydrogens is 717 g/mol. The van der Waals surface area contributed by atoms with Crippen LogP contribution < -0.4 is 0 Å². The van der Waals surface area contributed by atoms with E-state index in [9.17, 15) is 0 Å². The minimum atomic E-state index is 0.687. The van der Waals surface area contributed by atoms with Gasteiger partial charge in [0.25, 0.3) is 0 Å².